The molecule has 0 saturated carbocycles. The normalized spacial score (nSPS) is 17.5. The summed E-state index contributed by atoms with van der Waals surface area (Å²) in [6, 6.07) is 12.6. The maximum atomic E-state index is 13.4. The fraction of sp³-hybridized carbons (Fsp3) is 0.292. The zero-order chi connectivity index (χ0) is 23.2. The van der Waals surface area contributed by atoms with Crippen LogP contribution in [0.5, 0.6) is 0 Å². The van der Waals surface area contributed by atoms with Crippen LogP contribution in [0.25, 0.3) is 22.5 Å². The number of nitrogens with zero attached hydrogens (tertiary/aromatic N) is 3. The number of carbonyl (C=O) groups is 1. The van der Waals surface area contributed by atoms with Crippen molar-refractivity contribution in [1.82, 2.24) is 14.8 Å². The largest absolute Gasteiger partial charge is 0.463 e. The second-order valence-electron chi connectivity index (χ2n) is 8.32. The number of aryl methyl sites for hydroxylation is 2. The number of nitrogens with one attached hydrogen (secondary N) is 1. The van der Waals surface area contributed by atoms with Crippen LogP contribution >= 0.6 is 0 Å². The predicted molar refractivity (Wildman–Crippen MR) is 126 cm³/mol. The van der Waals surface area contributed by atoms with E-state index >= 15 is 0 Å². The summed E-state index contributed by atoms with van der Waals surface area (Å²) in [5, 5.41) is 8.18. The van der Waals surface area contributed by atoms with Crippen LogP contribution in [-0.4, -0.2) is 40.6 Å². The number of amides is 1. The van der Waals surface area contributed by atoms with Crippen LogP contribution in [0.15, 0.2) is 53.1 Å². The molecule has 1 aliphatic rings. The SMILES string of the molecule is CCc1ccc(NC(=O)c2cc(-c3ccco3)nc3c2c(C)nn3C2CCS(=O)(=O)C2)cc1. The molecule has 1 fully saturated rings. The molecule has 1 aromatic carbocycles. The minimum Gasteiger partial charge on any atom is -0.463 e. The van der Waals surface area contributed by atoms with E-state index in [4.69, 9.17) is 9.40 Å². The highest BCUT2D eigenvalue weighted by molar-refractivity contribution is 7.91. The van der Waals surface area contributed by atoms with Crippen molar-refractivity contribution in [3.63, 3.8) is 0 Å². The lowest BCUT2D eigenvalue weighted by Crippen LogP contribution is -2.15. The third-order valence-corrected chi connectivity index (χ3v) is 7.78. The lowest BCUT2D eigenvalue weighted by Gasteiger charge is -2.12. The summed E-state index contributed by atoms with van der Waals surface area (Å²) in [4.78, 5) is 18.1. The van der Waals surface area contributed by atoms with Gasteiger partial charge in [0.1, 0.15) is 5.69 Å². The molecule has 0 radical (unpaired) electrons. The van der Waals surface area contributed by atoms with Gasteiger partial charge in [-0.3, -0.25) is 4.79 Å². The number of sulfone groups is 1. The zero-order valence-corrected chi connectivity index (χ0v) is 19.2. The van der Waals surface area contributed by atoms with Crippen molar-refractivity contribution in [3.8, 4) is 11.5 Å². The first-order valence-corrected chi connectivity index (χ1v) is 12.7. The van der Waals surface area contributed by atoms with Gasteiger partial charge in [0.15, 0.2) is 21.2 Å². The van der Waals surface area contributed by atoms with Crippen molar-refractivity contribution < 1.29 is 17.6 Å². The number of benzene rings is 1. The Hall–Kier alpha value is -3.46. The fourth-order valence-corrected chi connectivity index (χ4v) is 5.98. The molecular formula is C24H24N4O4S. The first kappa shape index (κ1) is 21.4. The molecular weight excluding hydrogens is 440 g/mol. The van der Waals surface area contributed by atoms with Gasteiger partial charge in [0.25, 0.3) is 5.91 Å². The monoisotopic (exact) mass is 464 g/mol. The molecule has 0 aliphatic carbocycles. The Labute approximate surface area is 191 Å². The van der Waals surface area contributed by atoms with Crippen molar-refractivity contribution in [2.45, 2.75) is 32.7 Å². The van der Waals surface area contributed by atoms with Gasteiger partial charge in [-0.15, -0.1) is 0 Å². The van der Waals surface area contributed by atoms with Crippen molar-refractivity contribution in [1.29, 1.82) is 0 Å². The van der Waals surface area contributed by atoms with Gasteiger partial charge >= 0.3 is 0 Å². The first-order chi connectivity index (χ1) is 15.8. The van der Waals surface area contributed by atoms with Crippen LogP contribution in [0.2, 0.25) is 0 Å². The predicted octanol–water partition coefficient (Wildman–Crippen LogP) is 4.17. The molecule has 1 N–H and O–H groups in total. The second-order valence-corrected chi connectivity index (χ2v) is 10.6. The summed E-state index contributed by atoms with van der Waals surface area (Å²) in [5.74, 6) is 0.363. The van der Waals surface area contributed by atoms with Crippen molar-refractivity contribution in [3.05, 3.63) is 65.5 Å². The number of aromatic nitrogens is 3. The molecule has 1 atom stereocenters. The molecule has 1 amide bonds. The van der Waals surface area contributed by atoms with Crippen LogP contribution in [0.3, 0.4) is 0 Å². The smallest absolute Gasteiger partial charge is 0.256 e. The fourth-order valence-electron chi connectivity index (χ4n) is 4.29. The van der Waals surface area contributed by atoms with E-state index in [9.17, 15) is 13.2 Å². The molecule has 8 nitrogen and oxygen atoms in total. The van der Waals surface area contributed by atoms with Crippen LogP contribution in [0, 0.1) is 6.92 Å². The lowest BCUT2D eigenvalue weighted by atomic mass is 10.1. The van der Waals surface area contributed by atoms with Crippen LogP contribution < -0.4 is 5.32 Å². The van der Waals surface area contributed by atoms with E-state index in [0.29, 0.717) is 45.9 Å². The number of pyridine rings is 1. The van der Waals surface area contributed by atoms with Gasteiger partial charge in [-0.2, -0.15) is 5.10 Å². The lowest BCUT2D eigenvalue weighted by molar-refractivity contribution is 0.102. The topological polar surface area (TPSA) is 107 Å². The highest BCUT2D eigenvalue weighted by Crippen LogP contribution is 2.32. The van der Waals surface area contributed by atoms with E-state index in [1.54, 1.807) is 29.1 Å². The number of furan rings is 1. The number of anilines is 1. The number of carbonyl (C=O) groups excluding carboxylic acids is 1. The summed E-state index contributed by atoms with van der Waals surface area (Å²) in [7, 11) is -3.12. The number of rotatable bonds is 5. The first-order valence-electron chi connectivity index (χ1n) is 10.9. The van der Waals surface area contributed by atoms with Crippen LogP contribution in [0.4, 0.5) is 5.69 Å². The van der Waals surface area contributed by atoms with E-state index in [2.05, 4.69) is 17.3 Å². The van der Waals surface area contributed by atoms with Gasteiger partial charge in [-0.25, -0.2) is 18.1 Å². The highest BCUT2D eigenvalue weighted by Gasteiger charge is 2.32. The van der Waals surface area contributed by atoms with E-state index in [0.717, 1.165) is 6.42 Å². The minimum absolute atomic E-state index is 0.0151. The van der Waals surface area contributed by atoms with Gasteiger partial charge in [0, 0.05) is 5.69 Å². The molecule has 0 spiro atoms. The molecule has 3 aromatic heterocycles. The third kappa shape index (κ3) is 4.04. The molecule has 4 aromatic rings. The Morgan fingerprint density at radius 2 is 2.03 bits per heavy atom. The Morgan fingerprint density at radius 3 is 2.67 bits per heavy atom. The number of fused-ring (bicyclic) bond motifs is 1. The Kier molecular flexibility index (Phi) is 5.28. The molecule has 0 bridgehead atoms. The third-order valence-electron chi connectivity index (χ3n) is 6.03. The van der Waals surface area contributed by atoms with Gasteiger partial charge in [0.2, 0.25) is 0 Å². The van der Waals surface area contributed by atoms with Crippen molar-refractivity contribution in [2.75, 3.05) is 16.8 Å². The quantitative estimate of drug-likeness (QED) is 0.475. The van der Waals surface area contributed by atoms with E-state index in [1.807, 2.05) is 31.2 Å². The van der Waals surface area contributed by atoms with E-state index in [1.165, 1.54) is 5.56 Å². The molecule has 170 valence electrons. The molecule has 4 heterocycles. The zero-order valence-electron chi connectivity index (χ0n) is 18.4. The molecule has 33 heavy (non-hydrogen) atoms. The maximum Gasteiger partial charge on any atom is 0.256 e. The van der Waals surface area contributed by atoms with E-state index < -0.39 is 9.84 Å². The molecule has 9 heteroatoms. The second kappa shape index (κ2) is 8.15. The van der Waals surface area contributed by atoms with Gasteiger partial charge in [-0.1, -0.05) is 19.1 Å². The Bertz CT molecular complexity index is 1440. The molecule has 1 unspecified atom stereocenters. The number of hydrogen-bond donors (Lipinski definition) is 1. The van der Waals surface area contributed by atoms with E-state index in [-0.39, 0.29) is 23.5 Å². The average Bonchev–Trinajstić information content (AvgIpc) is 3.53. The highest BCUT2D eigenvalue weighted by atomic mass is 32.2. The molecule has 5 rings (SSSR count). The van der Waals surface area contributed by atoms with Gasteiger partial charge in [-0.05, 0) is 55.7 Å². The van der Waals surface area contributed by atoms with Gasteiger partial charge < -0.3 is 9.73 Å². The van der Waals surface area contributed by atoms with Crippen molar-refractivity contribution in [2.24, 2.45) is 0 Å². The summed E-state index contributed by atoms with van der Waals surface area (Å²) in [6.45, 7) is 3.89. The summed E-state index contributed by atoms with van der Waals surface area (Å²) in [6.07, 6.45) is 2.93. The summed E-state index contributed by atoms with van der Waals surface area (Å²) in [5.41, 5.74) is 3.88. The Morgan fingerprint density at radius 1 is 1.24 bits per heavy atom. The average molecular weight is 465 g/mol. The summed E-state index contributed by atoms with van der Waals surface area (Å²) >= 11 is 0. The van der Waals surface area contributed by atoms with Gasteiger partial charge in [0.05, 0.1) is 40.5 Å². The van der Waals surface area contributed by atoms with Crippen LogP contribution in [0.1, 0.15) is 41.0 Å². The number of hydrogen-bond acceptors (Lipinski definition) is 6. The summed E-state index contributed by atoms with van der Waals surface area (Å²) < 4.78 is 31.4. The van der Waals surface area contributed by atoms with Crippen LogP contribution in [-0.2, 0) is 16.3 Å². The molecule has 1 saturated heterocycles. The standard InChI is InChI=1S/C24H24N4O4S/c1-3-16-6-8-17(9-7-16)25-24(29)19-13-20(21-5-4-11-32-21)26-23-22(19)15(2)27-28(23)18-10-12-33(30,31)14-18/h4-9,11,13,18H,3,10,12,14H2,1-2H3,(H,25,29). The van der Waals surface area contributed by atoms with Crippen molar-refractivity contribution >= 4 is 32.5 Å². The minimum atomic E-state index is -3.12. The molecule has 1 aliphatic heterocycles. The maximum absolute atomic E-state index is 13.4. The Balaban J connectivity index is 1.63.